The van der Waals surface area contributed by atoms with E-state index >= 15 is 0 Å². The topological polar surface area (TPSA) is 59.0 Å². The lowest BCUT2D eigenvalue weighted by molar-refractivity contribution is -0.143. The van der Waals surface area contributed by atoms with Gasteiger partial charge >= 0.3 is 5.97 Å². The predicted molar refractivity (Wildman–Crippen MR) is 135 cm³/mol. The molecule has 0 bridgehead atoms. The maximum Gasteiger partial charge on any atom is 0.305 e. The molecule has 1 saturated carbocycles. The lowest BCUT2D eigenvalue weighted by Crippen LogP contribution is -2.42. The molecule has 0 aromatic rings. The molecule has 4 atom stereocenters. The summed E-state index contributed by atoms with van der Waals surface area (Å²) in [6, 6.07) is 0.414. The van der Waals surface area contributed by atoms with Crippen LogP contribution < -0.4 is 0 Å². The molecule has 0 spiro atoms. The van der Waals surface area contributed by atoms with E-state index in [0.29, 0.717) is 6.04 Å². The van der Waals surface area contributed by atoms with Gasteiger partial charge in [-0.1, -0.05) is 44.2 Å². The molecule has 1 heterocycles. The molecular weight excluding hydrogens is 402 g/mol. The molecule has 5 nitrogen and oxygen atoms in total. The third-order valence-electron chi connectivity index (χ3n) is 5.54. The lowest BCUT2D eigenvalue weighted by Gasteiger charge is -2.37. The van der Waals surface area contributed by atoms with Gasteiger partial charge in [0.05, 0.1) is 24.7 Å². The van der Waals surface area contributed by atoms with E-state index < -0.39 is 5.97 Å². The van der Waals surface area contributed by atoms with Crippen LogP contribution in [0.15, 0.2) is 49.1 Å². The molecule has 2 rings (SSSR count). The van der Waals surface area contributed by atoms with Crippen LogP contribution in [-0.4, -0.2) is 61.5 Å². The fourth-order valence-electron chi connectivity index (χ4n) is 3.49. The molecule has 184 valence electrons. The molecule has 5 heteroatoms. The summed E-state index contributed by atoms with van der Waals surface area (Å²) in [7, 11) is 5.82. The third-order valence-corrected chi connectivity index (χ3v) is 5.54. The minimum atomic E-state index is -0.774. The largest absolute Gasteiger partial charge is 0.481 e. The Balaban J connectivity index is 0.000000602. The Hall–Kier alpha value is -1.69. The summed E-state index contributed by atoms with van der Waals surface area (Å²) in [4.78, 5) is 13.0. The molecule has 1 N–H and O–H groups in total. The summed E-state index contributed by atoms with van der Waals surface area (Å²) in [5.74, 6) is -0.0319. The first-order valence-corrected chi connectivity index (χ1v) is 11.9. The number of hydrogen-bond donors (Lipinski definition) is 1. The third kappa shape index (κ3) is 13.7. The van der Waals surface area contributed by atoms with Gasteiger partial charge in [0.1, 0.15) is 0 Å². The maximum absolute atomic E-state index is 10.8. The van der Waals surface area contributed by atoms with Gasteiger partial charge in [-0.2, -0.15) is 0 Å². The summed E-state index contributed by atoms with van der Waals surface area (Å²) >= 11 is 0. The fourth-order valence-corrected chi connectivity index (χ4v) is 3.49. The van der Waals surface area contributed by atoms with Crippen LogP contribution in [0.2, 0.25) is 0 Å². The second-order valence-electron chi connectivity index (χ2n) is 8.43. The van der Waals surface area contributed by atoms with Crippen molar-refractivity contribution in [2.75, 3.05) is 21.2 Å². The Morgan fingerprint density at radius 3 is 2.31 bits per heavy atom. The van der Waals surface area contributed by atoms with Crippen molar-refractivity contribution in [3.8, 4) is 0 Å². The highest BCUT2D eigenvalue weighted by atomic mass is 16.5. The van der Waals surface area contributed by atoms with Crippen LogP contribution in [0.3, 0.4) is 0 Å². The van der Waals surface area contributed by atoms with Crippen LogP contribution in [0.25, 0.3) is 0 Å². The van der Waals surface area contributed by atoms with Crippen molar-refractivity contribution in [1.29, 1.82) is 0 Å². The number of carbonyl (C=O) groups is 1. The Bertz CT molecular complexity index is 592. The Morgan fingerprint density at radius 2 is 1.84 bits per heavy atom. The van der Waals surface area contributed by atoms with Crippen molar-refractivity contribution in [3.63, 3.8) is 0 Å². The minimum absolute atomic E-state index is 0.0797. The first kappa shape index (κ1) is 30.3. The van der Waals surface area contributed by atoms with E-state index in [4.69, 9.17) is 14.6 Å². The summed E-state index contributed by atoms with van der Waals surface area (Å²) in [5.41, 5.74) is 1.25. The number of ether oxygens (including phenoxy) is 2. The van der Waals surface area contributed by atoms with Crippen LogP contribution in [0.4, 0.5) is 0 Å². The van der Waals surface area contributed by atoms with Crippen molar-refractivity contribution in [3.05, 3.63) is 49.1 Å². The van der Waals surface area contributed by atoms with Crippen molar-refractivity contribution < 1.29 is 19.4 Å². The van der Waals surface area contributed by atoms with E-state index in [1.165, 1.54) is 18.4 Å². The molecule has 1 saturated heterocycles. The summed E-state index contributed by atoms with van der Waals surface area (Å²) in [6.07, 6.45) is 16.6. The van der Waals surface area contributed by atoms with Crippen molar-refractivity contribution in [2.24, 2.45) is 5.92 Å². The Kier molecular flexibility index (Phi) is 16.9. The van der Waals surface area contributed by atoms with Crippen LogP contribution in [0.1, 0.15) is 65.7 Å². The van der Waals surface area contributed by atoms with E-state index in [0.717, 1.165) is 31.6 Å². The molecule has 2 fully saturated rings. The zero-order valence-corrected chi connectivity index (χ0v) is 21.3. The van der Waals surface area contributed by atoms with E-state index in [1.54, 1.807) is 7.11 Å². The molecule has 4 unspecified atom stereocenters. The number of rotatable bonds is 11. The van der Waals surface area contributed by atoms with Gasteiger partial charge in [0.2, 0.25) is 0 Å². The second-order valence-corrected chi connectivity index (χ2v) is 8.43. The quantitative estimate of drug-likeness (QED) is 0.390. The highest BCUT2D eigenvalue weighted by Gasteiger charge is 2.31. The SMILES string of the molecule is C=CC/C=C(\C)C(CC=C)OC.CC.CN(C)C1CC(/C=C/C2CC2)OC(CC(=O)O)C1. The zero-order valence-electron chi connectivity index (χ0n) is 21.3. The second kappa shape index (κ2) is 17.8. The van der Waals surface area contributed by atoms with Gasteiger partial charge in [-0.3, -0.25) is 4.79 Å². The molecule has 0 radical (unpaired) electrons. The smallest absolute Gasteiger partial charge is 0.305 e. The number of nitrogens with zero attached hydrogens (tertiary/aromatic N) is 1. The Labute approximate surface area is 196 Å². The molecule has 32 heavy (non-hydrogen) atoms. The fraction of sp³-hybridized carbons (Fsp3) is 0.667. The van der Waals surface area contributed by atoms with Gasteiger partial charge in [-0.15, -0.1) is 13.2 Å². The standard InChI is InChI=1S/C14H23NO3.C11H18O.C2H6/c1-15(2)11-7-12(6-5-10-3-4-10)18-13(8-11)9-14(16)17;1-5-7-9-10(3)11(12-4)8-6-2;1-2/h5-6,10-13H,3-4,7-9H2,1-2H3,(H,16,17);5-6,9,11H,1-2,7-8H2,3-4H3;1-2H3/b6-5+;10-9+;. The lowest BCUT2D eigenvalue weighted by atomic mass is 9.95. The van der Waals surface area contributed by atoms with Crippen LogP contribution >= 0.6 is 0 Å². The average molecular weight is 450 g/mol. The Morgan fingerprint density at radius 1 is 1.19 bits per heavy atom. The average Bonchev–Trinajstić information content (AvgIpc) is 3.60. The van der Waals surface area contributed by atoms with Gasteiger partial charge in [0, 0.05) is 13.2 Å². The van der Waals surface area contributed by atoms with Gasteiger partial charge in [-0.05, 0) is 71.0 Å². The number of hydrogen-bond acceptors (Lipinski definition) is 4. The highest BCUT2D eigenvalue weighted by molar-refractivity contribution is 5.67. The van der Waals surface area contributed by atoms with E-state index in [2.05, 4.69) is 57.3 Å². The van der Waals surface area contributed by atoms with E-state index in [1.807, 2.05) is 26.0 Å². The summed E-state index contributed by atoms with van der Waals surface area (Å²) in [5, 5.41) is 8.89. The highest BCUT2D eigenvalue weighted by Crippen LogP contribution is 2.32. The predicted octanol–water partition coefficient (Wildman–Crippen LogP) is 6.03. The number of aliphatic carboxylic acids is 1. The minimum Gasteiger partial charge on any atom is -0.481 e. The molecule has 0 aromatic carbocycles. The first-order valence-electron chi connectivity index (χ1n) is 11.9. The summed E-state index contributed by atoms with van der Waals surface area (Å²) < 4.78 is 11.1. The van der Waals surface area contributed by atoms with Gasteiger partial charge in [-0.25, -0.2) is 0 Å². The number of methoxy groups -OCH3 is 1. The molecule has 1 aliphatic heterocycles. The van der Waals surface area contributed by atoms with Crippen LogP contribution in [0, 0.1) is 5.92 Å². The number of allylic oxidation sites excluding steroid dienone is 3. The maximum atomic E-state index is 10.8. The zero-order chi connectivity index (χ0) is 24.5. The molecule has 0 aromatic heterocycles. The summed E-state index contributed by atoms with van der Waals surface area (Å²) in [6.45, 7) is 13.4. The van der Waals surface area contributed by atoms with Crippen molar-refractivity contribution in [1.82, 2.24) is 4.90 Å². The van der Waals surface area contributed by atoms with Crippen molar-refractivity contribution >= 4 is 5.97 Å². The van der Waals surface area contributed by atoms with Gasteiger partial charge in [0.15, 0.2) is 0 Å². The van der Waals surface area contributed by atoms with E-state index in [-0.39, 0.29) is 24.7 Å². The normalized spacial score (nSPS) is 24.1. The molecular formula is C27H47NO4. The van der Waals surface area contributed by atoms with Gasteiger partial charge < -0.3 is 19.5 Å². The molecule has 1 aliphatic carbocycles. The van der Waals surface area contributed by atoms with Crippen molar-refractivity contribution in [2.45, 2.75) is 90.1 Å². The van der Waals surface area contributed by atoms with E-state index in [9.17, 15) is 4.79 Å². The molecule has 2 aliphatic rings. The van der Waals surface area contributed by atoms with Crippen LogP contribution in [0.5, 0.6) is 0 Å². The number of carboxylic acids is 1. The van der Waals surface area contributed by atoms with Crippen LogP contribution in [-0.2, 0) is 14.3 Å². The number of carboxylic acid groups (broad SMARTS) is 1. The molecule has 0 amide bonds. The van der Waals surface area contributed by atoms with Gasteiger partial charge in [0.25, 0.3) is 0 Å². The first-order chi connectivity index (χ1) is 15.3. The monoisotopic (exact) mass is 449 g/mol.